The fourth-order valence-corrected chi connectivity index (χ4v) is 1.77. The molecular formula is C14H19N5O2. The van der Waals surface area contributed by atoms with Crippen molar-refractivity contribution in [2.75, 3.05) is 0 Å². The van der Waals surface area contributed by atoms with E-state index >= 15 is 0 Å². The van der Waals surface area contributed by atoms with Crippen molar-refractivity contribution in [3.63, 3.8) is 0 Å². The Hall–Kier alpha value is -2.28. The number of nitrogens with one attached hydrogen (secondary N) is 1. The Morgan fingerprint density at radius 2 is 2.14 bits per heavy atom. The van der Waals surface area contributed by atoms with Gasteiger partial charge < -0.3 is 15.6 Å². The predicted molar refractivity (Wildman–Crippen MR) is 76.9 cm³/mol. The molecule has 0 aromatic carbocycles. The minimum absolute atomic E-state index is 0.0925. The molecule has 0 spiro atoms. The average molecular weight is 289 g/mol. The van der Waals surface area contributed by atoms with Crippen molar-refractivity contribution in [1.82, 2.24) is 20.4 Å². The Morgan fingerprint density at radius 1 is 1.38 bits per heavy atom. The normalized spacial score (nSPS) is 14.0. The summed E-state index contributed by atoms with van der Waals surface area (Å²) in [5.74, 6) is 0.640. The van der Waals surface area contributed by atoms with Crippen LogP contribution in [0.4, 0.5) is 0 Å². The molecule has 0 fully saturated rings. The highest BCUT2D eigenvalue weighted by atomic mass is 16.5. The Balaban J connectivity index is 2.22. The maximum absolute atomic E-state index is 11.8. The summed E-state index contributed by atoms with van der Waals surface area (Å²) >= 11 is 0. The van der Waals surface area contributed by atoms with Crippen LogP contribution in [-0.2, 0) is 4.79 Å². The zero-order valence-corrected chi connectivity index (χ0v) is 12.3. The van der Waals surface area contributed by atoms with Crippen LogP contribution >= 0.6 is 0 Å². The van der Waals surface area contributed by atoms with Gasteiger partial charge in [0.2, 0.25) is 17.6 Å². The van der Waals surface area contributed by atoms with Gasteiger partial charge in [-0.2, -0.15) is 4.98 Å². The Labute approximate surface area is 122 Å². The molecule has 2 heterocycles. The third-order valence-corrected chi connectivity index (χ3v) is 3.01. The molecule has 2 aromatic heterocycles. The zero-order valence-electron chi connectivity index (χ0n) is 12.3. The first-order chi connectivity index (χ1) is 9.99. The Bertz CT molecular complexity index is 594. The first-order valence-electron chi connectivity index (χ1n) is 6.79. The van der Waals surface area contributed by atoms with Gasteiger partial charge in [-0.25, -0.2) is 0 Å². The topological polar surface area (TPSA) is 107 Å². The number of carbonyl (C=O) groups is 1. The Kier molecular flexibility index (Phi) is 4.64. The smallest absolute Gasteiger partial charge is 0.249 e. The van der Waals surface area contributed by atoms with Gasteiger partial charge >= 0.3 is 0 Å². The van der Waals surface area contributed by atoms with E-state index in [1.807, 2.05) is 19.9 Å². The summed E-state index contributed by atoms with van der Waals surface area (Å²) in [6.07, 6.45) is 3.32. The molecule has 0 radical (unpaired) electrons. The minimum atomic E-state index is -0.591. The fraction of sp³-hybridized carbons (Fsp3) is 0.429. The van der Waals surface area contributed by atoms with Crippen LogP contribution in [0.1, 0.15) is 32.7 Å². The van der Waals surface area contributed by atoms with Gasteiger partial charge in [-0.3, -0.25) is 9.78 Å². The van der Waals surface area contributed by atoms with Gasteiger partial charge in [-0.1, -0.05) is 19.0 Å². The lowest BCUT2D eigenvalue weighted by Crippen LogP contribution is -2.41. The highest BCUT2D eigenvalue weighted by molar-refractivity contribution is 5.81. The second-order valence-electron chi connectivity index (χ2n) is 5.22. The number of carbonyl (C=O) groups excluding carboxylic acids is 1. The van der Waals surface area contributed by atoms with Crippen molar-refractivity contribution in [3.8, 4) is 11.4 Å². The van der Waals surface area contributed by atoms with E-state index in [2.05, 4.69) is 20.4 Å². The van der Waals surface area contributed by atoms with E-state index in [4.69, 9.17) is 10.3 Å². The summed E-state index contributed by atoms with van der Waals surface area (Å²) < 4.78 is 5.28. The molecule has 3 N–H and O–H groups in total. The van der Waals surface area contributed by atoms with E-state index in [1.165, 1.54) is 0 Å². The van der Waals surface area contributed by atoms with Crippen molar-refractivity contribution < 1.29 is 9.32 Å². The van der Waals surface area contributed by atoms with Crippen molar-refractivity contribution in [3.05, 3.63) is 30.4 Å². The van der Waals surface area contributed by atoms with Gasteiger partial charge in [-0.15, -0.1) is 0 Å². The van der Waals surface area contributed by atoms with E-state index in [-0.39, 0.29) is 17.9 Å². The maximum Gasteiger partial charge on any atom is 0.249 e. The van der Waals surface area contributed by atoms with Gasteiger partial charge in [0.05, 0.1) is 6.04 Å². The molecule has 2 rings (SSSR count). The molecule has 7 nitrogen and oxygen atoms in total. The van der Waals surface area contributed by atoms with Gasteiger partial charge in [0.25, 0.3) is 0 Å². The third-order valence-electron chi connectivity index (χ3n) is 3.01. The van der Waals surface area contributed by atoms with Crippen LogP contribution in [0.5, 0.6) is 0 Å². The first-order valence-corrected chi connectivity index (χ1v) is 6.79. The second kappa shape index (κ2) is 6.45. The van der Waals surface area contributed by atoms with Crippen LogP contribution < -0.4 is 11.1 Å². The predicted octanol–water partition coefficient (Wildman–Crippen LogP) is 1.29. The highest BCUT2D eigenvalue weighted by Gasteiger charge is 2.25. The summed E-state index contributed by atoms with van der Waals surface area (Å²) in [6, 6.07) is 2.67. The molecule has 112 valence electrons. The summed E-state index contributed by atoms with van der Waals surface area (Å²) in [4.78, 5) is 20.1. The van der Waals surface area contributed by atoms with Crippen molar-refractivity contribution in [2.45, 2.75) is 32.9 Å². The van der Waals surface area contributed by atoms with E-state index in [0.29, 0.717) is 11.7 Å². The van der Waals surface area contributed by atoms with Gasteiger partial charge in [-0.05, 0) is 25.0 Å². The standard InChI is InChI=1S/C14H19N5O2/c1-8(2)11(17-13(20)9(3)15)14-18-12(19-21-14)10-5-4-6-16-7-10/h4-9,11H,15H2,1-3H3,(H,17,20)/t9-,11?/m1/s1. The van der Waals surface area contributed by atoms with Crippen LogP contribution in [0.3, 0.4) is 0 Å². The number of hydrogen-bond donors (Lipinski definition) is 2. The summed E-state index contributed by atoms with van der Waals surface area (Å²) in [6.45, 7) is 5.54. The van der Waals surface area contributed by atoms with Gasteiger partial charge in [0.15, 0.2) is 0 Å². The first kappa shape index (κ1) is 15.1. The minimum Gasteiger partial charge on any atom is -0.343 e. The average Bonchev–Trinajstić information content (AvgIpc) is 2.94. The van der Waals surface area contributed by atoms with Crippen LogP contribution in [0.25, 0.3) is 11.4 Å². The van der Waals surface area contributed by atoms with E-state index < -0.39 is 6.04 Å². The van der Waals surface area contributed by atoms with Crippen LogP contribution in [0.2, 0.25) is 0 Å². The van der Waals surface area contributed by atoms with E-state index in [9.17, 15) is 4.79 Å². The third kappa shape index (κ3) is 3.63. The number of nitrogens with zero attached hydrogens (tertiary/aromatic N) is 3. The quantitative estimate of drug-likeness (QED) is 0.859. The summed E-state index contributed by atoms with van der Waals surface area (Å²) in [5.41, 5.74) is 6.33. The zero-order chi connectivity index (χ0) is 15.4. The van der Waals surface area contributed by atoms with Crippen molar-refractivity contribution >= 4 is 5.91 Å². The molecule has 2 atom stereocenters. The number of nitrogens with two attached hydrogens (primary N) is 1. The van der Waals surface area contributed by atoms with Gasteiger partial charge in [0.1, 0.15) is 6.04 Å². The fourth-order valence-electron chi connectivity index (χ4n) is 1.77. The number of pyridine rings is 1. The Morgan fingerprint density at radius 3 is 2.71 bits per heavy atom. The molecule has 0 aliphatic carbocycles. The lowest BCUT2D eigenvalue weighted by molar-refractivity contribution is -0.123. The van der Waals surface area contributed by atoms with Crippen LogP contribution in [0, 0.1) is 5.92 Å². The number of rotatable bonds is 5. The lowest BCUT2D eigenvalue weighted by atomic mass is 10.0. The molecule has 1 unspecified atom stereocenters. The summed E-state index contributed by atoms with van der Waals surface area (Å²) in [7, 11) is 0. The SMILES string of the molecule is CC(C)C(NC(=O)[C@@H](C)N)c1nc(-c2cccnc2)no1. The number of aromatic nitrogens is 3. The van der Waals surface area contributed by atoms with Crippen LogP contribution in [-0.4, -0.2) is 27.1 Å². The van der Waals surface area contributed by atoms with Crippen molar-refractivity contribution in [2.24, 2.45) is 11.7 Å². The maximum atomic E-state index is 11.8. The van der Waals surface area contributed by atoms with Crippen molar-refractivity contribution in [1.29, 1.82) is 0 Å². The molecule has 21 heavy (non-hydrogen) atoms. The molecule has 0 aliphatic rings. The lowest BCUT2D eigenvalue weighted by Gasteiger charge is -2.19. The molecule has 2 aromatic rings. The molecule has 0 bridgehead atoms. The summed E-state index contributed by atoms with van der Waals surface area (Å²) in [5, 5.41) is 6.75. The number of hydrogen-bond acceptors (Lipinski definition) is 6. The molecule has 1 amide bonds. The highest BCUT2D eigenvalue weighted by Crippen LogP contribution is 2.23. The van der Waals surface area contributed by atoms with E-state index in [0.717, 1.165) is 5.56 Å². The van der Waals surface area contributed by atoms with Crippen LogP contribution in [0.15, 0.2) is 29.0 Å². The van der Waals surface area contributed by atoms with E-state index in [1.54, 1.807) is 25.4 Å². The molecule has 0 saturated carbocycles. The molecule has 0 saturated heterocycles. The largest absolute Gasteiger partial charge is 0.343 e. The van der Waals surface area contributed by atoms with Gasteiger partial charge in [0, 0.05) is 18.0 Å². The molecular weight excluding hydrogens is 270 g/mol. The number of amides is 1. The molecule has 0 aliphatic heterocycles. The monoisotopic (exact) mass is 289 g/mol. The molecule has 7 heteroatoms. The second-order valence-corrected chi connectivity index (χ2v) is 5.22.